The topological polar surface area (TPSA) is 47.9 Å². The van der Waals surface area contributed by atoms with Gasteiger partial charge in [-0.3, -0.25) is 0 Å². The predicted octanol–water partition coefficient (Wildman–Crippen LogP) is 2.14. The molecule has 5 heteroatoms. The molecular formula is C11H13ClO4. The van der Waals surface area contributed by atoms with E-state index in [9.17, 15) is 5.11 Å². The molecule has 4 nitrogen and oxygen atoms in total. The molecule has 0 saturated heterocycles. The van der Waals surface area contributed by atoms with Gasteiger partial charge in [0.25, 0.3) is 0 Å². The van der Waals surface area contributed by atoms with E-state index in [2.05, 4.69) is 0 Å². The summed E-state index contributed by atoms with van der Waals surface area (Å²) in [5, 5.41) is 10.3. The van der Waals surface area contributed by atoms with Gasteiger partial charge in [-0.1, -0.05) is 11.6 Å². The quantitative estimate of drug-likeness (QED) is 0.882. The van der Waals surface area contributed by atoms with Crippen molar-refractivity contribution in [3.8, 4) is 11.5 Å². The Morgan fingerprint density at radius 1 is 1.50 bits per heavy atom. The van der Waals surface area contributed by atoms with Gasteiger partial charge in [0.05, 0.1) is 11.6 Å². The molecule has 1 aliphatic heterocycles. The Hall–Kier alpha value is -0.970. The molecule has 1 heterocycles. The average molecular weight is 245 g/mol. The molecule has 0 radical (unpaired) electrons. The molecule has 0 spiro atoms. The van der Waals surface area contributed by atoms with Crippen molar-refractivity contribution in [3.05, 3.63) is 22.7 Å². The molecule has 1 atom stereocenters. The zero-order valence-electron chi connectivity index (χ0n) is 8.90. The number of halogens is 1. The third-order valence-electron chi connectivity index (χ3n) is 2.31. The van der Waals surface area contributed by atoms with Gasteiger partial charge in [0, 0.05) is 6.61 Å². The summed E-state index contributed by atoms with van der Waals surface area (Å²) in [6.07, 6.45) is -0.702. The van der Waals surface area contributed by atoms with Crippen LogP contribution in [0.2, 0.25) is 5.02 Å². The van der Waals surface area contributed by atoms with Crippen LogP contribution in [0.5, 0.6) is 11.5 Å². The minimum atomic E-state index is -0.702. The largest absolute Gasteiger partial charge is 0.454 e. The van der Waals surface area contributed by atoms with Crippen LogP contribution in [0.4, 0.5) is 0 Å². The van der Waals surface area contributed by atoms with Gasteiger partial charge in [-0.05, 0) is 24.6 Å². The molecule has 0 aromatic heterocycles. The van der Waals surface area contributed by atoms with Crippen LogP contribution in [0.1, 0.15) is 18.6 Å². The fraction of sp³-hybridized carbons (Fsp3) is 0.455. The van der Waals surface area contributed by atoms with E-state index in [1.165, 1.54) is 0 Å². The predicted molar refractivity (Wildman–Crippen MR) is 59.0 cm³/mol. The van der Waals surface area contributed by atoms with Crippen LogP contribution < -0.4 is 9.47 Å². The molecule has 0 amide bonds. The summed E-state index contributed by atoms with van der Waals surface area (Å²) in [7, 11) is 0. The summed E-state index contributed by atoms with van der Waals surface area (Å²) in [6, 6.07) is 3.39. The van der Waals surface area contributed by atoms with Crippen LogP contribution in [0.15, 0.2) is 12.1 Å². The first-order valence-electron chi connectivity index (χ1n) is 5.07. The van der Waals surface area contributed by atoms with Crippen molar-refractivity contribution < 1.29 is 19.3 Å². The van der Waals surface area contributed by atoms with E-state index in [0.29, 0.717) is 28.7 Å². The van der Waals surface area contributed by atoms with E-state index in [0.717, 1.165) is 0 Å². The molecule has 0 fully saturated rings. The summed E-state index contributed by atoms with van der Waals surface area (Å²) < 4.78 is 15.5. The monoisotopic (exact) mass is 244 g/mol. The Bertz CT molecular complexity index is 380. The lowest BCUT2D eigenvalue weighted by atomic mass is 10.1. The molecule has 1 aliphatic rings. The molecule has 1 aromatic carbocycles. The molecular weight excluding hydrogens is 232 g/mol. The molecule has 88 valence electrons. The summed E-state index contributed by atoms with van der Waals surface area (Å²) in [5.74, 6) is 1.10. The number of aliphatic hydroxyl groups excluding tert-OH is 1. The number of fused-ring (bicyclic) bond motifs is 1. The molecule has 1 aromatic rings. The zero-order valence-corrected chi connectivity index (χ0v) is 9.66. The van der Waals surface area contributed by atoms with Crippen LogP contribution >= 0.6 is 11.6 Å². The third kappa shape index (κ3) is 2.24. The first kappa shape index (κ1) is 11.5. The first-order valence-corrected chi connectivity index (χ1v) is 5.45. The fourth-order valence-corrected chi connectivity index (χ4v) is 1.78. The highest BCUT2D eigenvalue weighted by atomic mass is 35.5. The number of aliphatic hydroxyl groups is 1. The third-order valence-corrected chi connectivity index (χ3v) is 2.59. The normalized spacial score (nSPS) is 15.2. The van der Waals surface area contributed by atoms with Crippen LogP contribution in [0.25, 0.3) is 0 Å². The van der Waals surface area contributed by atoms with E-state index in [-0.39, 0.29) is 13.4 Å². The minimum absolute atomic E-state index is 0.167. The van der Waals surface area contributed by atoms with Gasteiger partial charge in [0.1, 0.15) is 6.10 Å². The maximum atomic E-state index is 9.83. The van der Waals surface area contributed by atoms with Crippen molar-refractivity contribution in [2.75, 3.05) is 20.0 Å². The lowest BCUT2D eigenvalue weighted by Crippen LogP contribution is -2.07. The van der Waals surface area contributed by atoms with Gasteiger partial charge < -0.3 is 19.3 Å². The van der Waals surface area contributed by atoms with Crippen LogP contribution in [0.3, 0.4) is 0 Å². The number of benzene rings is 1. The van der Waals surface area contributed by atoms with E-state index < -0.39 is 6.10 Å². The molecule has 0 aliphatic carbocycles. The summed E-state index contributed by atoms with van der Waals surface area (Å²) >= 11 is 6.00. The Morgan fingerprint density at radius 3 is 3.06 bits per heavy atom. The second-order valence-electron chi connectivity index (χ2n) is 3.41. The zero-order chi connectivity index (χ0) is 11.5. The van der Waals surface area contributed by atoms with Crippen LogP contribution in [-0.4, -0.2) is 25.1 Å². The molecule has 16 heavy (non-hydrogen) atoms. The maximum absolute atomic E-state index is 9.83. The fourth-order valence-electron chi connectivity index (χ4n) is 1.51. The second-order valence-corrected chi connectivity index (χ2v) is 3.82. The van der Waals surface area contributed by atoms with Gasteiger partial charge in [-0.25, -0.2) is 0 Å². The highest BCUT2D eigenvalue weighted by Gasteiger charge is 2.20. The van der Waals surface area contributed by atoms with Crippen molar-refractivity contribution >= 4 is 11.6 Å². The summed E-state index contributed by atoms with van der Waals surface area (Å²) in [5.41, 5.74) is 0.669. The lowest BCUT2D eigenvalue weighted by Gasteiger charge is -2.12. The van der Waals surface area contributed by atoms with E-state index >= 15 is 0 Å². The molecule has 1 unspecified atom stereocenters. The Morgan fingerprint density at radius 2 is 2.31 bits per heavy atom. The number of rotatable bonds is 4. The highest BCUT2D eigenvalue weighted by molar-refractivity contribution is 6.32. The van der Waals surface area contributed by atoms with Crippen molar-refractivity contribution in [2.45, 2.75) is 13.0 Å². The van der Waals surface area contributed by atoms with Gasteiger partial charge in [0.15, 0.2) is 11.5 Å². The minimum Gasteiger partial charge on any atom is -0.454 e. The standard InChI is InChI=1S/C11H13ClO4/c1-2-14-5-9(13)7-3-8(12)11-10(4-7)15-6-16-11/h3-4,9,13H,2,5-6H2,1H3. The summed E-state index contributed by atoms with van der Waals surface area (Å²) in [6.45, 7) is 2.85. The van der Waals surface area contributed by atoms with E-state index in [1.54, 1.807) is 12.1 Å². The van der Waals surface area contributed by atoms with Crippen molar-refractivity contribution in [3.63, 3.8) is 0 Å². The number of hydrogen-bond donors (Lipinski definition) is 1. The second kappa shape index (κ2) is 4.91. The summed E-state index contributed by atoms with van der Waals surface area (Å²) in [4.78, 5) is 0. The van der Waals surface area contributed by atoms with Crippen molar-refractivity contribution in [2.24, 2.45) is 0 Å². The molecule has 1 N–H and O–H groups in total. The van der Waals surface area contributed by atoms with Crippen LogP contribution in [-0.2, 0) is 4.74 Å². The van der Waals surface area contributed by atoms with Crippen molar-refractivity contribution in [1.29, 1.82) is 0 Å². The van der Waals surface area contributed by atoms with E-state index in [1.807, 2.05) is 6.92 Å². The Labute approximate surface area is 98.7 Å². The van der Waals surface area contributed by atoms with Gasteiger partial charge in [-0.15, -0.1) is 0 Å². The first-order chi connectivity index (χ1) is 7.72. The van der Waals surface area contributed by atoms with Gasteiger partial charge in [0.2, 0.25) is 6.79 Å². The molecule has 0 bridgehead atoms. The lowest BCUT2D eigenvalue weighted by molar-refractivity contribution is 0.0419. The highest BCUT2D eigenvalue weighted by Crippen LogP contribution is 2.41. The maximum Gasteiger partial charge on any atom is 0.231 e. The number of hydrogen-bond acceptors (Lipinski definition) is 4. The van der Waals surface area contributed by atoms with Gasteiger partial charge in [-0.2, -0.15) is 0 Å². The molecule has 2 rings (SSSR count). The average Bonchev–Trinajstić information content (AvgIpc) is 2.74. The SMILES string of the molecule is CCOCC(O)c1cc(Cl)c2c(c1)OCO2. The Balaban J connectivity index is 2.19. The smallest absolute Gasteiger partial charge is 0.231 e. The van der Waals surface area contributed by atoms with Crippen molar-refractivity contribution in [1.82, 2.24) is 0 Å². The van der Waals surface area contributed by atoms with Gasteiger partial charge >= 0.3 is 0 Å². The Kier molecular flexibility index (Phi) is 3.53. The molecule has 0 saturated carbocycles. The number of ether oxygens (including phenoxy) is 3. The van der Waals surface area contributed by atoms with Crippen LogP contribution in [0, 0.1) is 0 Å². The van der Waals surface area contributed by atoms with E-state index in [4.69, 9.17) is 25.8 Å².